The Morgan fingerprint density at radius 3 is 2.57 bits per heavy atom. The molecule has 114 valence electrons. The minimum Gasteiger partial charge on any atom is -0.339 e. The number of hydrogen-bond donors (Lipinski definition) is 1. The lowest BCUT2D eigenvalue weighted by molar-refractivity contribution is 0.0704. The zero-order chi connectivity index (χ0) is 14.7. The average molecular weight is 286 g/mol. The monoisotopic (exact) mass is 286 g/mol. The van der Waals surface area contributed by atoms with E-state index in [9.17, 15) is 4.79 Å². The fourth-order valence-electron chi connectivity index (χ4n) is 3.15. The molecular weight excluding hydrogens is 260 g/mol. The third kappa shape index (κ3) is 3.65. The van der Waals surface area contributed by atoms with Crippen molar-refractivity contribution in [3.63, 3.8) is 0 Å². The average Bonchev–Trinajstić information content (AvgIpc) is 3.37. The standard InChI is InChI=1S/C18H26N2O/c1-2-15-5-3-4-6-17(15)18(21)20-11-9-16(10-12-20)19-13-14-7-8-14/h3-6,14,16,19H,2,7-13H2,1H3. The Bertz CT molecular complexity index is 488. The summed E-state index contributed by atoms with van der Waals surface area (Å²) in [7, 11) is 0. The third-order valence-corrected chi connectivity index (χ3v) is 4.80. The molecule has 3 rings (SSSR count). The first-order chi connectivity index (χ1) is 10.3. The van der Waals surface area contributed by atoms with Crippen LogP contribution >= 0.6 is 0 Å². The maximum atomic E-state index is 12.7. The Labute approximate surface area is 127 Å². The van der Waals surface area contributed by atoms with Gasteiger partial charge in [-0.2, -0.15) is 0 Å². The van der Waals surface area contributed by atoms with Gasteiger partial charge in [-0.15, -0.1) is 0 Å². The minimum atomic E-state index is 0.216. The van der Waals surface area contributed by atoms with Gasteiger partial charge in [-0.1, -0.05) is 25.1 Å². The van der Waals surface area contributed by atoms with Gasteiger partial charge in [0, 0.05) is 24.7 Å². The molecule has 1 aliphatic carbocycles. The number of hydrogen-bond acceptors (Lipinski definition) is 2. The molecule has 1 saturated heterocycles. The summed E-state index contributed by atoms with van der Waals surface area (Å²) in [6.45, 7) is 5.07. The maximum absolute atomic E-state index is 12.7. The van der Waals surface area contributed by atoms with Crippen molar-refractivity contribution in [2.45, 2.75) is 45.1 Å². The van der Waals surface area contributed by atoms with Crippen molar-refractivity contribution in [2.24, 2.45) is 5.92 Å². The zero-order valence-corrected chi connectivity index (χ0v) is 13.0. The lowest BCUT2D eigenvalue weighted by atomic mass is 10.0. The minimum absolute atomic E-state index is 0.216. The highest BCUT2D eigenvalue weighted by Crippen LogP contribution is 2.28. The van der Waals surface area contributed by atoms with Gasteiger partial charge in [0.05, 0.1) is 0 Å². The second kappa shape index (κ2) is 6.61. The largest absolute Gasteiger partial charge is 0.339 e. The topological polar surface area (TPSA) is 32.3 Å². The summed E-state index contributed by atoms with van der Waals surface area (Å²) in [6, 6.07) is 8.63. The number of nitrogens with one attached hydrogen (secondary N) is 1. The van der Waals surface area contributed by atoms with Crippen molar-refractivity contribution in [3.05, 3.63) is 35.4 Å². The Hall–Kier alpha value is -1.35. The van der Waals surface area contributed by atoms with Crippen LogP contribution in [0.3, 0.4) is 0 Å². The molecule has 1 aromatic rings. The van der Waals surface area contributed by atoms with E-state index in [1.165, 1.54) is 19.4 Å². The summed E-state index contributed by atoms with van der Waals surface area (Å²) in [5.74, 6) is 1.15. The van der Waals surface area contributed by atoms with Crippen LogP contribution in [0.4, 0.5) is 0 Å². The van der Waals surface area contributed by atoms with E-state index < -0.39 is 0 Å². The van der Waals surface area contributed by atoms with Gasteiger partial charge in [0.15, 0.2) is 0 Å². The molecular formula is C18H26N2O. The van der Waals surface area contributed by atoms with E-state index in [1.807, 2.05) is 23.1 Å². The molecule has 1 saturated carbocycles. The quantitative estimate of drug-likeness (QED) is 0.902. The van der Waals surface area contributed by atoms with Gasteiger partial charge < -0.3 is 10.2 Å². The molecule has 1 amide bonds. The Kier molecular flexibility index (Phi) is 4.59. The van der Waals surface area contributed by atoms with Crippen molar-refractivity contribution in [1.29, 1.82) is 0 Å². The highest BCUT2D eigenvalue weighted by molar-refractivity contribution is 5.95. The zero-order valence-electron chi connectivity index (χ0n) is 13.0. The smallest absolute Gasteiger partial charge is 0.254 e. The Morgan fingerprint density at radius 1 is 1.19 bits per heavy atom. The van der Waals surface area contributed by atoms with Crippen LogP contribution in [0.15, 0.2) is 24.3 Å². The highest BCUT2D eigenvalue weighted by atomic mass is 16.2. The van der Waals surface area contributed by atoms with Crippen LogP contribution in [0.2, 0.25) is 0 Å². The Balaban J connectivity index is 1.54. The van der Waals surface area contributed by atoms with E-state index in [2.05, 4.69) is 18.3 Å². The van der Waals surface area contributed by atoms with Gasteiger partial charge in [0.1, 0.15) is 0 Å². The summed E-state index contributed by atoms with van der Waals surface area (Å²) in [5.41, 5.74) is 2.06. The molecule has 0 aromatic heterocycles. The number of likely N-dealkylation sites (tertiary alicyclic amines) is 1. The van der Waals surface area contributed by atoms with Crippen LogP contribution in [-0.2, 0) is 6.42 Å². The summed E-state index contributed by atoms with van der Waals surface area (Å²) in [4.78, 5) is 14.7. The number of nitrogens with zero attached hydrogens (tertiary/aromatic N) is 1. The normalized spacial score (nSPS) is 19.8. The predicted molar refractivity (Wildman–Crippen MR) is 85.5 cm³/mol. The predicted octanol–water partition coefficient (Wildman–Crippen LogP) is 2.85. The van der Waals surface area contributed by atoms with Crippen LogP contribution in [0.5, 0.6) is 0 Å². The van der Waals surface area contributed by atoms with Crippen molar-refractivity contribution in [1.82, 2.24) is 10.2 Å². The van der Waals surface area contributed by atoms with Crippen LogP contribution in [-0.4, -0.2) is 36.5 Å². The number of carbonyl (C=O) groups excluding carboxylic acids is 1. The molecule has 21 heavy (non-hydrogen) atoms. The Morgan fingerprint density at radius 2 is 1.90 bits per heavy atom. The van der Waals surface area contributed by atoms with E-state index in [0.717, 1.165) is 49.4 Å². The summed E-state index contributed by atoms with van der Waals surface area (Å²) in [5, 5.41) is 3.67. The molecule has 2 fully saturated rings. The van der Waals surface area contributed by atoms with Gasteiger partial charge in [0.25, 0.3) is 5.91 Å². The van der Waals surface area contributed by atoms with Crippen molar-refractivity contribution < 1.29 is 4.79 Å². The van der Waals surface area contributed by atoms with Crippen molar-refractivity contribution in [2.75, 3.05) is 19.6 Å². The lowest BCUT2D eigenvalue weighted by Crippen LogP contribution is -2.45. The highest BCUT2D eigenvalue weighted by Gasteiger charge is 2.26. The van der Waals surface area contributed by atoms with E-state index in [4.69, 9.17) is 0 Å². The second-order valence-corrected chi connectivity index (χ2v) is 6.43. The second-order valence-electron chi connectivity index (χ2n) is 6.43. The van der Waals surface area contributed by atoms with Gasteiger partial charge >= 0.3 is 0 Å². The number of aryl methyl sites for hydroxylation is 1. The number of carbonyl (C=O) groups is 1. The van der Waals surface area contributed by atoms with E-state index >= 15 is 0 Å². The lowest BCUT2D eigenvalue weighted by Gasteiger charge is -2.33. The fourth-order valence-corrected chi connectivity index (χ4v) is 3.15. The van der Waals surface area contributed by atoms with E-state index in [1.54, 1.807) is 0 Å². The van der Waals surface area contributed by atoms with E-state index in [0.29, 0.717) is 6.04 Å². The van der Waals surface area contributed by atoms with Crippen LogP contribution < -0.4 is 5.32 Å². The van der Waals surface area contributed by atoms with E-state index in [-0.39, 0.29) is 5.91 Å². The molecule has 0 bridgehead atoms. The third-order valence-electron chi connectivity index (χ3n) is 4.80. The molecule has 0 spiro atoms. The maximum Gasteiger partial charge on any atom is 0.254 e. The summed E-state index contributed by atoms with van der Waals surface area (Å²) >= 11 is 0. The molecule has 1 aromatic carbocycles. The van der Waals surface area contributed by atoms with Gasteiger partial charge in [-0.05, 0) is 56.2 Å². The molecule has 0 unspecified atom stereocenters. The SMILES string of the molecule is CCc1ccccc1C(=O)N1CCC(NCC2CC2)CC1. The molecule has 3 nitrogen and oxygen atoms in total. The van der Waals surface area contributed by atoms with Gasteiger partial charge in [-0.3, -0.25) is 4.79 Å². The van der Waals surface area contributed by atoms with Crippen LogP contribution in [0.1, 0.15) is 48.5 Å². The molecule has 1 heterocycles. The van der Waals surface area contributed by atoms with Crippen LogP contribution in [0, 0.1) is 5.92 Å². The van der Waals surface area contributed by atoms with Gasteiger partial charge in [0.2, 0.25) is 0 Å². The molecule has 0 atom stereocenters. The summed E-state index contributed by atoms with van der Waals surface area (Å²) < 4.78 is 0. The molecule has 0 radical (unpaired) electrons. The fraction of sp³-hybridized carbons (Fsp3) is 0.611. The molecule has 3 heteroatoms. The molecule has 1 aliphatic heterocycles. The summed E-state index contributed by atoms with van der Waals surface area (Å²) in [6.07, 6.45) is 5.90. The molecule has 1 N–H and O–H groups in total. The number of rotatable bonds is 5. The van der Waals surface area contributed by atoms with Crippen LogP contribution in [0.25, 0.3) is 0 Å². The first-order valence-electron chi connectivity index (χ1n) is 8.38. The van der Waals surface area contributed by atoms with Crippen molar-refractivity contribution >= 4 is 5.91 Å². The number of benzene rings is 1. The van der Waals surface area contributed by atoms with Crippen molar-refractivity contribution in [3.8, 4) is 0 Å². The first-order valence-corrected chi connectivity index (χ1v) is 8.38. The molecule has 2 aliphatic rings. The number of piperidine rings is 1. The van der Waals surface area contributed by atoms with Gasteiger partial charge in [-0.25, -0.2) is 0 Å². The number of amides is 1. The first kappa shape index (κ1) is 14.6.